The summed E-state index contributed by atoms with van der Waals surface area (Å²) in [6.07, 6.45) is -5.13. The van der Waals surface area contributed by atoms with Gasteiger partial charge in [-0.05, 0) is 0 Å². The molecule has 0 aliphatic rings. The lowest BCUT2D eigenvalue weighted by atomic mass is 10.4. The van der Waals surface area contributed by atoms with Gasteiger partial charge in [0.15, 0.2) is 5.82 Å². The number of halogens is 6. The van der Waals surface area contributed by atoms with Crippen molar-refractivity contribution in [2.75, 3.05) is 0 Å². The van der Waals surface area contributed by atoms with E-state index in [1.165, 1.54) is 0 Å². The van der Waals surface area contributed by atoms with Gasteiger partial charge in [-0.15, -0.1) is 13.2 Å². The molecule has 2 nitrogen and oxygen atoms in total. The van der Waals surface area contributed by atoms with E-state index in [1.807, 2.05) is 0 Å². The van der Waals surface area contributed by atoms with E-state index in [-0.39, 0.29) is 0 Å². The molecule has 0 radical (unpaired) electrons. The van der Waals surface area contributed by atoms with Crippen molar-refractivity contribution in [1.82, 2.24) is 4.98 Å². The predicted octanol–water partition coefficient (Wildman–Crippen LogP) is 2.91. The molecular formula is C6HClF5NO. The molecule has 1 heterocycles. The summed E-state index contributed by atoms with van der Waals surface area (Å²) >= 11 is 5.04. The minimum atomic E-state index is -5.13. The maximum atomic E-state index is 12.6. The molecule has 0 amide bonds. The second-order valence-corrected chi connectivity index (χ2v) is 2.50. The van der Waals surface area contributed by atoms with Crippen molar-refractivity contribution in [3.05, 3.63) is 22.9 Å². The fraction of sp³-hybridized carbons (Fsp3) is 0.167. The number of hydrogen-bond donors (Lipinski definition) is 0. The highest BCUT2D eigenvalue weighted by Gasteiger charge is 2.33. The van der Waals surface area contributed by atoms with Crippen molar-refractivity contribution in [1.29, 1.82) is 0 Å². The van der Waals surface area contributed by atoms with Crippen LogP contribution in [0.3, 0.4) is 0 Å². The Morgan fingerprint density at radius 2 is 1.86 bits per heavy atom. The number of alkyl halides is 3. The van der Waals surface area contributed by atoms with Crippen LogP contribution < -0.4 is 4.74 Å². The molecule has 0 aliphatic carbocycles. The summed E-state index contributed by atoms with van der Waals surface area (Å²) in [6, 6.07) is 0.338. The number of rotatable bonds is 1. The first-order chi connectivity index (χ1) is 6.29. The van der Waals surface area contributed by atoms with Crippen LogP contribution in [0.1, 0.15) is 0 Å². The number of nitrogens with zero attached hydrogens (tertiary/aromatic N) is 1. The highest BCUT2D eigenvalue weighted by atomic mass is 35.5. The van der Waals surface area contributed by atoms with Gasteiger partial charge in [0, 0.05) is 6.07 Å². The fourth-order valence-corrected chi connectivity index (χ4v) is 0.748. The van der Waals surface area contributed by atoms with E-state index in [1.54, 1.807) is 0 Å². The molecule has 78 valence electrons. The van der Waals surface area contributed by atoms with Gasteiger partial charge in [-0.1, -0.05) is 11.6 Å². The fourth-order valence-electron chi connectivity index (χ4n) is 0.610. The van der Waals surface area contributed by atoms with Gasteiger partial charge in [-0.2, -0.15) is 9.37 Å². The van der Waals surface area contributed by atoms with Gasteiger partial charge < -0.3 is 4.74 Å². The zero-order valence-electron chi connectivity index (χ0n) is 6.20. The van der Waals surface area contributed by atoms with Crippen LogP contribution in [0.4, 0.5) is 22.0 Å². The first-order valence-corrected chi connectivity index (χ1v) is 3.44. The summed E-state index contributed by atoms with van der Waals surface area (Å²) in [7, 11) is 0. The van der Waals surface area contributed by atoms with Crippen molar-refractivity contribution < 1.29 is 26.7 Å². The smallest absolute Gasteiger partial charge is 0.385 e. The summed E-state index contributed by atoms with van der Waals surface area (Å²) in [6.45, 7) is 0. The van der Waals surface area contributed by atoms with Crippen molar-refractivity contribution in [3.63, 3.8) is 0 Å². The zero-order valence-corrected chi connectivity index (χ0v) is 6.96. The summed E-state index contributed by atoms with van der Waals surface area (Å²) in [4.78, 5) is 2.54. The summed E-state index contributed by atoms with van der Waals surface area (Å²) in [5.74, 6) is -4.43. The van der Waals surface area contributed by atoms with Gasteiger partial charge in [-0.25, -0.2) is 4.39 Å². The highest BCUT2D eigenvalue weighted by molar-refractivity contribution is 6.30. The van der Waals surface area contributed by atoms with Crippen LogP contribution in [0, 0.1) is 11.8 Å². The largest absolute Gasteiger partial charge is 0.574 e. The van der Waals surface area contributed by atoms with Crippen LogP contribution in [0.25, 0.3) is 0 Å². The van der Waals surface area contributed by atoms with Crippen LogP contribution >= 0.6 is 11.6 Å². The molecule has 0 aromatic carbocycles. The molecule has 0 saturated heterocycles. The Labute approximate surface area is 79.3 Å². The summed E-state index contributed by atoms with van der Waals surface area (Å²) < 4.78 is 62.9. The van der Waals surface area contributed by atoms with E-state index in [2.05, 4.69) is 9.72 Å². The molecule has 0 atom stereocenters. The van der Waals surface area contributed by atoms with Crippen LogP contribution in [0.15, 0.2) is 6.07 Å². The molecule has 0 saturated carbocycles. The van der Waals surface area contributed by atoms with Gasteiger partial charge >= 0.3 is 6.36 Å². The molecule has 1 aromatic rings. The monoisotopic (exact) mass is 233 g/mol. The SMILES string of the molecule is Fc1cc(Cl)c(F)nc1OC(F)(F)F. The lowest BCUT2D eigenvalue weighted by Gasteiger charge is -2.08. The second-order valence-electron chi connectivity index (χ2n) is 2.10. The van der Waals surface area contributed by atoms with E-state index < -0.39 is 29.0 Å². The quantitative estimate of drug-likeness (QED) is 0.550. The Bertz CT molecular complexity index is 353. The van der Waals surface area contributed by atoms with Gasteiger partial charge in [0.05, 0.1) is 5.02 Å². The molecule has 0 aliphatic heterocycles. The lowest BCUT2D eigenvalue weighted by Crippen LogP contribution is -2.19. The number of pyridine rings is 1. The molecule has 8 heteroatoms. The first-order valence-electron chi connectivity index (χ1n) is 3.07. The Hall–Kier alpha value is -1.11. The third-order valence-corrected chi connectivity index (χ3v) is 1.33. The lowest BCUT2D eigenvalue weighted by molar-refractivity contribution is -0.277. The molecule has 1 aromatic heterocycles. The van der Waals surface area contributed by atoms with Crippen molar-refractivity contribution >= 4 is 11.6 Å². The van der Waals surface area contributed by atoms with Crippen molar-refractivity contribution in [2.24, 2.45) is 0 Å². The molecule has 0 bridgehead atoms. The third kappa shape index (κ3) is 2.69. The standard InChI is InChI=1S/C6HClF5NO/c7-2-1-3(8)5(13-4(2)9)14-6(10,11)12/h1H. The molecule has 0 spiro atoms. The predicted molar refractivity (Wildman–Crippen MR) is 35.8 cm³/mol. The Kier molecular flexibility index (Phi) is 2.79. The topological polar surface area (TPSA) is 22.1 Å². The van der Waals surface area contributed by atoms with Crippen LogP contribution in [0.5, 0.6) is 5.88 Å². The maximum absolute atomic E-state index is 12.6. The van der Waals surface area contributed by atoms with Crippen LogP contribution in [-0.2, 0) is 0 Å². The molecule has 0 fully saturated rings. The van der Waals surface area contributed by atoms with E-state index in [0.717, 1.165) is 0 Å². The van der Waals surface area contributed by atoms with Gasteiger partial charge in [0.2, 0.25) is 5.95 Å². The molecule has 14 heavy (non-hydrogen) atoms. The Morgan fingerprint density at radius 3 is 2.36 bits per heavy atom. The molecule has 0 unspecified atom stereocenters. The number of ether oxygens (including phenoxy) is 1. The Morgan fingerprint density at radius 1 is 1.29 bits per heavy atom. The van der Waals surface area contributed by atoms with E-state index >= 15 is 0 Å². The summed E-state index contributed by atoms with van der Waals surface area (Å²) in [5.41, 5.74) is 0. The normalized spacial score (nSPS) is 11.6. The molecule has 0 N–H and O–H groups in total. The Balaban J connectivity index is 3.04. The second kappa shape index (κ2) is 3.56. The minimum Gasteiger partial charge on any atom is -0.385 e. The number of hydrogen-bond acceptors (Lipinski definition) is 2. The van der Waals surface area contributed by atoms with Gasteiger partial charge in [-0.3, -0.25) is 0 Å². The first kappa shape index (κ1) is 11.0. The maximum Gasteiger partial charge on any atom is 0.574 e. The molecule has 1 rings (SSSR count). The minimum absolute atomic E-state index is 0.338. The zero-order chi connectivity index (χ0) is 10.9. The van der Waals surface area contributed by atoms with E-state index in [0.29, 0.717) is 6.07 Å². The highest BCUT2D eigenvalue weighted by Crippen LogP contribution is 2.26. The van der Waals surface area contributed by atoms with E-state index in [9.17, 15) is 22.0 Å². The average Bonchev–Trinajstić information content (AvgIpc) is 1.97. The third-order valence-electron chi connectivity index (χ3n) is 1.07. The summed E-state index contributed by atoms with van der Waals surface area (Å²) in [5, 5.41) is -0.725. The van der Waals surface area contributed by atoms with Gasteiger partial charge in [0.1, 0.15) is 0 Å². The van der Waals surface area contributed by atoms with E-state index in [4.69, 9.17) is 11.6 Å². The van der Waals surface area contributed by atoms with Crippen LogP contribution in [-0.4, -0.2) is 11.3 Å². The number of aromatic nitrogens is 1. The molecular weight excluding hydrogens is 233 g/mol. The van der Waals surface area contributed by atoms with Crippen LogP contribution in [0.2, 0.25) is 5.02 Å². The van der Waals surface area contributed by atoms with Gasteiger partial charge in [0.25, 0.3) is 5.88 Å². The van der Waals surface area contributed by atoms with Crippen molar-refractivity contribution in [3.8, 4) is 5.88 Å². The average molecular weight is 234 g/mol. The van der Waals surface area contributed by atoms with Crippen molar-refractivity contribution in [2.45, 2.75) is 6.36 Å².